The SMILES string of the molecule is CCCn1c(=O)c2[nH]c(C3CC4C=CC3CC4)nc2n(CCC)c1=O. The zero-order valence-electron chi connectivity index (χ0n) is 15.0. The van der Waals surface area contributed by atoms with Gasteiger partial charge in [-0.25, -0.2) is 9.78 Å². The van der Waals surface area contributed by atoms with Gasteiger partial charge in [0.25, 0.3) is 5.56 Å². The molecule has 0 spiro atoms. The summed E-state index contributed by atoms with van der Waals surface area (Å²) in [6, 6.07) is 0. The van der Waals surface area contributed by atoms with E-state index >= 15 is 0 Å². The van der Waals surface area contributed by atoms with Gasteiger partial charge in [-0.2, -0.15) is 0 Å². The van der Waals surface area contributed by atoms with Crippen LogP contribution in [0.15, 0.2) is 21.7 Å². The van der Waals surface area contributed by atoms with Crippen molar-refractivity contribution in [2.45, 2.75) is 65.0 Å². The molecule has 3 aliphatic rings. The molecule has 1 N–H and O–H groups in total. The van der Waals surface area contributed by atoms with Crippen molar-refractivity contribution in [1.82, 2.24) is 19.1 Å². The highest BCUT2D eigenvalue weighted by Gasteiger charge is 2.35. The Hall–Kier alpha value is -2.11. The molecule has 2 aromatic rings. The third-order valence-corrected chi connectivity index (χ3v) is 5.70. The van der Waals surface area contributed by atoms with Crippen molar-refractivity contribution in [2.24, 2.45) is 11.8 Å². The second kappa shape index (κ2) is 6.32. The molecule has 6 nitrogen and oxygen atoms in total. The van der Waals surface area contributed by atoms with Crippen LogP contribution in [0.2, 0.25) is 0 Å². The first-order valence-corrected chi connectivity index (χ1v) is 9.55. The van der Waals surface area contributed by atoms with Crippen LogP contribution >= 0.6 is 0 Å². The highest BCUT2D eigenvalue weighted by atomic mass is 16.2. The Morgan fingerprint density at radius 1 is 1.12 bits per heavy atom. The molecule has 0 saturated heterocycles. The lowest BCUT2D eigenvalue weighted by molar-refractivity contribution is 0.277. The summed E-state index contributed by atoms with van der Waals surface area (Å²) in [6.07, 6.45) is 9.75. The van der Waals surface area contributed by atoms with E-state index in [1.54, 1.807) is 4.57 Å². The predicted octanol–water partition coefficient (Wildman–Crippen LogP) is 2.78. The molecule has 0 radical (unpaired) electrons. The average Bonchev–Trinajstić information content (AvgIpc) is 3.08. The fraction of sp³-hybridized carbons (Fsp3) is 0.632. The Bertz CT molecular complexity index is 933. The van der Waals surface area contributed by atoms with Crippen molar-refractivity contribution in [3.63, 3.8) is 0 Å². The van der Waals surface area contributed by atoms with Gasteiger partial charge in [0.1, 0.15) is 11.3 Å². The van der Waals surface area contributed by atoms with Gasteiger partial charge in [-0.1, -0.05) is 26.0 Å². The van der Waals surface area contributed by atoms with Crippen LogP contribution in [0.3, 0.4) is 0 Å². The molecule has 2 aromatic heterocycles. The Morgan fingerprint density at radius 2 is 1.88 bits per heavy atom. The summed E-state index contributed by atoms with van der Waals surface area (Å²) in [7, 11) is 0. The van der Waals surface area contributed by atoms with Crippen LogP contribution in [0, 0.1) is 11.8 Å². The number of H-pyrrole nitrogens is 1. The van der Waals surface area contributed by atoms with Crippen LogP contribution in [-0.4, -0.2) is 19.1 Å². The number of aryl methyl sites for hydroxylation is 1. The predicted molar refractivity (Wildman–Crippen MR) is 97.9 cm³/mol. The first kappa shape index (κ1) is 16.4. The molecule has 2 heterocycles. The Labute approximate surface area is 146 Å². The first-order valence-electron chi connectivity index (χ1n) is 9.55. The molecular formula is C19H26N4O2. The van der Waals surface area contributed by atoms with Crippen LogP contribution < -0.4 is 11.2 Å². The summed E-state index contributed by atoms with van der Waals surface area (Å²) in [4.78, 5) is 33.6. The maximum atomic E-state index is 12.8. The second-order valence-corrected chi connectivity index (χ2v) is 7.44. The van der Waals surface area contributed by atoms with Gasteiger partial charge in [-0.3, -0.25) is 13.9 Å². The molecule has 0 amide bonds. The van der Waals surface area contributed by atoms with E-state index in [-0.39, 0.29) is 11.2 Å². The summed E-state index contributed by atoms with van der Waals surface area (Å²) < 4.78 is 3.02. The number of aromatic amines is 1. The van der Waals surface area contributed by atoms with E-state index in [0.717, 1.165) is 25.1 Å². The summed E-state index contributed by atoms with van der Waals surface area (Å²) in [6.45, 7) is 5.04. The topological polar surface area (TPSA) is 72.7 Å². The van der Waals surface area contributed by atoms with Gasteiger partial charge in [0.05, 0.1) is 0 Å². The molecule has 1 fully saturated rings. The largest absolute Gasteiger partial charge is 0.336 e. The van der Waals surface area contributed by atoms with E-state index in [2.05, 4.69) is 17.1 Å². The van der Waals surface area contributed by atoms with Crippen LogP contribution in [0.4, 0.5) is 0 Å². The Kier molecular flexibility index (Phi) is 4.13. The molecule has 3 atom stereocenters. The van der Waals surface area contributed by atoms with E-state index in [1.165, 1.54) is 17.4 Å². The average molecular weight is 342 g/mol. The molecular weight excluding hydrogens is 316 g/mol. The number of fused-ring (bicyclic) bond motifs is 3. The Morgan fingerprint density at radius 3 is 2.48 bits per heavy atom. The zero-order valence-corrected chi connectivity index (χ0v) is 15.0. The van der Waals surface area contributed by atoms with Crippen LogP contribution in [0.5, 0.6) is 0 Å². The van der Waals surface area contributed by atoms with Crippen LogP contribution in [0.25, 0.3) is 11.2 Å². The van der Waals surface area contributed by atoms with Gasteiger partial charge >= 0.3 is 5.69 Å². The smallest absolute Gasteiger partial charge is 0.332 e. The third kappa shape index (κ3) is 2.58. The summed E-state index contributed by atoms with van der Waals surface area (Å²) in [5.41, 5.74) is 0.556. The lowest BCUT2D eigenvalue weighted by Gasteiger charge is -2.36. The third-order valence-electron chi connectivity index (χ3n) is 5.70. The molecule has 134 valence electrons. The monoisotopic (exact) mass is 342 g/mol. The number of hydrogen-bond acceptors (Lipinski definition) is 3. The molecule has 6 heteroatoms. The Balaban J connectivity index is 1.88. The minimum atomic E-state index is -0.232. The number of rotatable bonds is 5. The number of hydrogen-bond donors (Lipinski definition) is 1. The van der Waals surface area contributed by atoms with E-state index in [1.807, 2.05) is 13.8 Å². The standard InChI is InChI=1S/C19H26N4O2/c1-3-9-22-17-15(18(24)23(10-4-2)19(22)25)20-16(21-17)14-11-12-5-7-13(14)8-6-12/h5,7,12-14H,3-4,6,8-11H2,1-2H3,(H,20,21). The lowest BCUT2D eigenvalue weighted by Crippen LogP contribution is -2.40. The molecule has 25 heavy (non-hydrogen) atoms. The molecule has 3 unspecified atom stereocenters. The van der Waals surface area contributed by atoms with Crippen molar-refractivity contribution in [2.75, 3.05) is 0 Å². The fourth-order valence-electron chi connectivity index (χ4n) is 4.45. The highest BCUT2D eigenvalue weighted by Crippen LogP contribution is 2.45. The number of nitrogens with zero attached hydrogens (tertiary/aromatic N) is 3. The summed E-state index contributed by atoms with van der Waals surface area (Å²) in [5.74, 6) is 2.33. The van der Waals surface area contributed by atoms with E-state index in [4.69, 9.17) is 4.98 Å². The zero-order chi connectivity index (χ0) is 17.6. The second-order valence-electron chi connectivity index (χ2n) is 7.44. The minimum absolute atomic E-state index is 0.232. The molecule has 3 aliphatic carbocycles. The van der Waals surface area contributed by atoms with Gasteiger partial charge in [0.15, 0.2) is 5.65 Å². The van der Waals surface area contributed by atoms with Gasteiger partial charge in [0.2, 0.25) is 0 Å². The summed E-state index contributed by atoms with van der Waals surface area (Å²) >= 11 is 0. The van der Waals surface area contributed by atoms with E-state index in [9.17, 15) is 9.59 Å². The lowest BCUT2D eigenvalue weighted by atomic mass is 9.69. The quantitative estimate of drug-likeness (QED) is 0.849. The molecule has 0 aromatic carbocycles. The number of imidazole rings is 1. The van der Waals surface area contributed by atoms with Crippen molar-refractivity contribution in [3.8, 4) is 0 Å². The number of aromatic nitrogens is 4. The fourth-order valence-corrected chi connectivity index (χ4v) is 4.45. The first-order chi connectivity index (χ1) is 12.1. The maximum absolute atomic E-state index is 12.8. The molecule has 1 saturated carbocycles. The van der Waals surface area contributed by atoms with Crippen LogP contribution in [-0.2, 0) is 13.1 Å². The normalized spacial score (nSPS) is 25.1. The number of allylic oxidation sites excluding steroid dienone is 2. The van der Waals surface area contributed by atoms with Crippen molar-refractivity contribution < 1.29 is 0 Å². The highest BCUT2D eigenvalue weighted by molar-refractivity contribution is 5.70. The van der Waals surface area contributed by atoms with E-state index < -0.39 is 0 Å². The van der Waals surface area contributed by atoms with Crippen molar-refractivity contribution in [3.05, 3.63) is 38.8 Å². The van der Waals surface area contributed by atoms with Gasteiger partial charge < -0.3 is 4.98 Å². The van der Waals surface area contributed by atoms with Gasteiger partial charge in [-0.15, -0.1) is 0 Å². The van der Waals surface area contributed by atoms with Gasteiger partial charge in [-0.05, 0) is 43.9 Å². The molecule has 2 bridgehead atoms. The van der Waals surface area contributed by atoms with Crippen LogP contribution in [0.1, 0.15) is 57.7 Å². The molecule has 5 rings (SSSR count). The minimum Gasteiger partial charge on any atom is -0.336 e. The van der Waals surface area contributed by atoms with Gasteiger partial charge in [0, 0.05) is 19.0 Å². The summed E-state index contributed by atoms with van der Waals surface area (Å²) in [5, 5.41) is 0. The van der Waals surface area contributed by atoms with Crippen molar-refractivity contribution in [1.29, 1.82) is 0 Å². The molecule has 0 aliphatic heterocycles. The maximum Gasteiger partial charge on any atom is 0.332 e. The van der Waals surface area contributed by atoms with Crippen molar-refractivity contribution >= 4 is 11.2 Å². The number of nitrogens with one attached hydrogen (secondary N) is 1. The van der Waals surface area contributed by atoms with E-state index in [0.29, 0.717) is 42.0 Å².